The molecule has 4 aromatic rings. The van der Waals surface area contributed by atoms with Crippen LogP contribution < -0.4 is 10.7 Å². The van der Waals surface area contributed by atoms with Crippen LogP contribution in [0.1, 0.15) is 76.8 Å². The Kier molecular flexibility index (Phi) is 14.6. The number of nitrogens with zero attached hydrogens (tertiary/aromatic N) is 7. The molecule has 2 saturated heterocycles. The van der Waals surface area contributed by atoms with Crippen LogP contribution in [-0.2, 0) is 48.0 Å². The molecule has 4 atom stereocenters. The zero-order valence-corrected chi connectivity index (χ0v) is 39.6. The molecule has 350 valence electrons. The summed E-state index contributed by atoms with van der Waals surface area (Å²) in [5.41, 5.74) is 9.19. The number of carbonyl (C=O) groups excluding carboxylic acids is 5. The lowest BCUT2D eigenvalue weighted by atomic mass is 9.84. The molecule has 3 aliphatic rings. The molecule has 65 heavy (non-hydrogen) atoms. The quantitative estimate of drug-likeness (QED) is 0.202. The minimum Gasteiger partial charge on any atom is -0.464 e. The lowest BCUT2D eigenvalue weighted by molar-refractivity contribution is -0.155. The van der Waals surface area contributed by atoms with Gasteiger partial charge >= 0.3 is 12.0 Å². The number of esters is 1. The van der Waals surface area contributed by atoms with Crippen molar-refractivity contribution >= 4 is 52.0 Å². The molecule has 5 amide bonds. The summed E-state index contributed by atoms with van der Waals surface area (Å²) in [4.78, 5) is 83.1. The summed E-state index contributed by atoms with van der Waals surface area (Å²) >= 11 is 1.39. The summed E-state index contributed by atoms with van der Waals surface area (Å²) in [6.07, 6.45) is 3.14. The number of aliphatic hydroxyl groups is 1. The fraction of sp³-hybridized carbons (Fsp3) is 0.553. The molecule has 18 heteroatoms. The lowest BCUT2D eigenvalue weighted by Crippen LogP contribution is -2.63. The van der Waals surface area contributed by atoms with Crippen LogP contribution in [-0.4, -0.2) is 147 Å². The van der Waals surface area contributed by atoms with Gasteiger partial charge in [-0.2, -0.15) is 0 Å². The van der Waals surface area contributed by atoms with Gasteiger partial charge in [-0.15, -0.1) is 11.3 Å². The maximum absolute atomic E-state index is 14.6. The van der Waals surface area contributed by atoms with E-state index in [1.165, 1.54) is 26.1 Å². The van der Waals surface area contributed by atoms with Crippen molar-refractivity contribution in [1.29, 1.82) is 0 Å². The topological polar surface area (TPSA) is 192 Å². The summed E-state index contributed by atoms with van der Waals surface area (Å²) in [5, 5.41) is 17.3. The van der Waals surface area contributed by atoms with Crippen LogP contribution in [0.5, 0.6) is 0 Å². The first-order valence-electron chi connectivity index (χ1n) is 22.6. The van der Waals surface area contributed by atoms with Crippen LogP contribution >= 0.6 is 11.3 Å². The summed E-state index contributed by atoms with van der Waals surface area (Å²) in [5.74, 6) is -2.16. The summed E-state index contributed by atoms with van der Waals surface area (Å²) < 4.78 is 14.2. The minimum atomic E-state index is -1.10. The van der Waals surface area contributed by atoms with Crippen LogP contribution in [0.4, 0.5) is 4.79 Å². The first kappa shape index (κ1) is 47.5. The van der Waals surface area contributed by atoms with Crippen molar-refractivity contribution in [2.75, 3.05) is 60.1 Å². The molecule has 0 unspecified atom stereocenters. The Hall–Kier alpha value is -5.43. The van der Waals surface area contributed by atoms with E-state index in [2.05, 4.69) is 60.3 Å². The van der Waals surface area contributed by atoms with E-state index in [-0.39, 0.29) is 57.3 Å². The van der Waals surface area contributed by atoms with Crippen molar-refractivity contribution in [2.24, 2.45) is 11.3 Å². The van der Waals surface area contributed by atoms with E-state index >= 15 is 0 Å². The number of nitrogens with one attached hydrogen (secondary N) is 2. The Balaban J connectivity index is 1.25. The summed E-state index contributed by atoms with van der Waals surface area (Å²) in [7, 11) is 3.24. The third-order valence-corrected chi connectivity index (χ3v) is 13.7. The number of cyclic esters (lactones) is 1. The van der Waals surface area contributed by atoms with Gasteiger partial charge in [-0.05, 0) is 68.9 Å². The number of thiazole rings is 1. The maximum atomic E-state index is 14.6. The maximum Gasteiger partial charge on any atom is 0.324 e. The molecule has 17 nitrogen and oxygen atoms in total. The van der Waals surface area contributed by atoms with Gasteiger partial charge in [0.25, 0.3) is 5.91 Å². The molecule has 0 radical (unpaired) electrons. The van der Waals surface area contributed by atoms with Crippen LogP contribution in [0.3, 0.4) is 0 Å². The molecular weight excluding hydrogens is 851 g/mol. The predicted molar refractivity (Wildman–Crippen MR) is 246 cm³/mol. The Morgan fingerprint density at radius 3 is 2.52 bits per heavy atom. The number of aliphatic hydroxyl groups excluding tert-OH is 1. The number of methoxy groups -OCH3 is 1. The highest BCUT2D eigenvalue weighted by Crippen LogP contribution is 2.42. The number of benzene rings is 1. The number of urea groups is 1. The number of hydrogen-bond acceptors (Lipinski definition) is 12. The van der Waals surface area contributed by atoms with Gasteiger partial charge in [0.2, 0.25) is 11.8 Å². The monoisotopic (exact) mass is 913 g/mol. The lowest BCUT2D eigenvalue weighted by Gasteiger charge is -2.39. The van der Waals surface area contributed by atoms with Gasteiger partial charge in [0.15, 0.2) is 0 Å². The number of fused-ring (bicyclic) bond motifs is 6. The number of hydrazine groups is 1. The Morgan fingerprint density at radius 2 is 1.83 bits per heavy atom. The fourth-order valence-corrected chi connectivity index (χ4v) is 10.2. The average Bonchev–Trinajstić information content (AvgIpc) is 3.90. The van der Waals surface area contributed by atoms with Gasteiger partial charge < -0.3 is 39.2 Å². The van der Waals surface area contributed by atoms with Crippen molar-refractivity contribution in [1.82, 2.24) is 45.0 Å². The third kappa shape index (κ3) is 10.0. The van der Waals surface area contributed by atoms with Crippen LogP contribution in [0.2, 0.25) is 0 Å². The molecule has 2 fully saturated rings. The first-order valence-corrected chi connectivity index (χ1v) is 23.5. The first-order chi connectivity index (χ1) is 31.0. The molecule has 6 bridgehead atoms. The average molecular weight is 914 g/mol. The smallest absolute Gasteiger partial charge is 0.324 e. The van der Waals surface area contributed by atoms with Gasteiger partial charge in [0, 0.05) is 98.9 Å². The second-order valence-corrected chi connectivity index (χ2v) is 19.3. The van der Waals surface area contributed by atoms with E-state index < -0.39 is 53.8 Å². The number of aryl methyl sites for hydroxylation is 1. The summed E-state index contributed by atoms with van der Waals surface area (Å²) in [6, 6.07) is 7.14. The van der Waals surface area contributed by atoms with Gasteiger partial charge in [-0.1, -0.05) is 33.8 Å². The SMILES string of the molecule is CCn1c(-c2cccnc2[C@H](C)OC)c2c3cc(ccc31)-c1csc(n1)C[C@H](NC(=O)[C@H](C(C)C)N(C)C(=O)N1CCN(C(=O)CO)CC1)C(=O)N1CCC[C@H](N1)C(=O)OCC(C)(C)C2. The highest BCUT2D eigenvalue weighted by Gasteiger charge is 2.39. The van der Waals surface area contributed by atoms with Crippen LogP contribution in [0.25, 0.3) is 33.4 Å². The standard InChI is InChI=1S/C47H63N9O8S/c1-9-55-37-15-14-30-22-32(37)33(42(55)31-12-10-16-48-40(31)29(4)63-8)24-47(5,6)27-64-45(61)34-13-11-17-56(51-34)44(60)35(23-38-49-36(30)26-65-38)50-43(59)41(28(2)3)52(7)46(62)54-20-18-53(19-21-54)39(58)25-57/h10,12,14-16,22,26,28-29,34-35,41,51,57H,9,11,13,17-21,23-25,27H2,1-8H3,(H,50,59)/t29-,34-,35-,41-/m0/s1. The molecule has 0 aliphatic carbocycles. The van der Waals surface area contributed by atoms with E-state index in [0.717, 1.165) is 44.7 Å². The normalized spacial score (nSPS) is 20.3. The number of likely N-dealkylation sites (N-methyl/N-ethyl adjacent to an activating group) is 1. The zero-order valence-electron chi connectivity index (χ0n) is 38.8. The Morgan fingerprint density at radius 1 is 1.09 bits per heavy atom. The van der Waals surface area contributed by atoms with E-state index in [1.54, 1.807) is 25.3 Å². The minimum absolute atomic E-state index is 0.0609. The molecular formula is C47H63N9O8S. The Labute approximate surface area is 384 Å². The second kappa shape index (κ2) is 20.0. The third-order valence-electron chi connectivity index (χ3n) is 12.8. The highest BCUT2D eigenvalue weighted by molar-refractivity contribution is 7.10. The second-order valence-electron chi connectivity index (χ2n) is 18.4. The molecule has 3 aromatic heterocycles. The zero-order chi connectivity index (χ0) is 46.7. The number of pyridine rings is 1. The number of hydrogen-bond donors (Lipinski definition) is 3. The number of piperazine rings is 1. The largest absolute Gasteiger partial charge is 0.464 e. The van der Waals surface area contributed by atoms with E-state index in [4.69, 9.17) is 19.4 Å². The number of rotatable bonds is 9. The van der Waals surface area contributed by atoms with Gasteiger partial charge in [0.05, 0.1) is 34.8 Å². The molecule has 0 spiro atoms. The predicted octanol–water partition coefficient (Wildman–Crippen LogP) is 4.42. The molecule has 6 heterocycles. The van der Waals surface area contributed by atoms with E-state index in [1.807, 2.05) is 32.2 Å². The fourth-order valence-electron chi connectivity index (χ4n) is 9.34. The van der Waals surface area contributed by atoms with Crippen molar-refractivity contribution in [3.05, 3.63) is 58.2 Å². The van der Waals surface area contributed by atoms with Crippen LogP contribution in [0.15, 0.2) is 41.9 Å². The molecule has 3 aliphatic heterocycles. The van der Waals surface area contributed by atoms with Crippen molar-refractivity contribution < 1.29 is 38.6 Å². The van der Waals surface area contributed by atoms with Gasteiger partial charge in [-0.3, -0.25) is 29.2 Å². The highest BCUT2D eigenvalue weighted by atomic mass is 32.1. The summed E-state index contributed by atoms with van der Waals surface area (Å²) in [6.45, 7) is 13.5. The van der Waals surface area contributed by atoms with Crippen molar-refractivity contribution in [3.8, 4) is 22.5 Å². The van der Waals surface area contributed by atoms with Gasteiger partial charge in [0.1, 0.15) is 24.7 Å². The number of aromatic nitrogens is 3. The van der Waals surface area contributed by atoms with Gasteiger partial charge in [-0.25, -0.2) is 15.2 Å². The molecule has 0 saturated carbocycles. The number of ether oxygens (including phenoxy) is 2. The van der Waals surface area contributed by atoms with Crippen LogP contribution in [0, 0.1) is 11.3 Å². The molecule has 3 N–H and O–H groups in total. The van der Waals surface area contributed by atoms with E-state index in [9.17, 15) is 29.1 Å². The van der Waals surface area contributed by atoms with Crippen molar-refractivity contribution in [3.63, 3.8) is 0 Å². The number of amides is 5. The number of carbonyl (C=O) groups is 5. The van der Waals surface area contributed by atoms with Crippen molar-refractivity contribution in [2.45, 2.75) is 98.0 Å². The Bertz CT molecular complexity index is 2410. The molecule has 1 aromatic carbocycles. The van der Waals surface area contributed by atoms with E-state index in [0.29, 0.717) is 37.4 Å². The molecule has 7 rings (SSSR count).